The van der Waals surface area contributed by atoms with Gasteiger partial charge in [0.05, 0.1) is 6.42 Å². The molecule has 0 spiro atoms. The normalized spacial score (nSPS) is 11.6. The minimum atomic E-state index is -0.0958. The number of rotatable bonds is 6. The first-order valence-electron chi connectivity index (χ1n) is 7.83. The third-order valence-corrected chi connectivity index (χ3v) is 3.63. The van der Waals surface area contributed by atoms with Crippen LogP contribution in [0, 0.1) is 0 Å². The summed E-state index contributed by atoms with van der Waals surface area (Å²) in [5, 5.41) is 5.75. The molecule has 0 heterocycles. The van der Waals surface area contributed by atoms with Gasteiger partial charge in [-0.3, -0.25) is 9.59 Å². The van der Waals surface area contributed by atoms with Crippen LogP contribution in [0.1, 0.15) is 36.2 Å². The smallest absolute Gasteiger partial charge is 0.251 e. The van der Waals surface area contributed by atoms with Gasteiger partial charge in [-0.25, -0.2) is 0 Å². The van der Waals surface area contributed by atoms with Crippen LogP contribution in [0.2, 0.25) is 0 Å². The molecule has 4 nitrogen and oxygen atoms in total. The number of amides is 2. The second-order valence-electron chi connectivity index (χ2n) is 5.57. The predicted molar refractivity (Wildman–Crippen MR) is 92.4 cm³/mol. The van der Waals surface area contributed by atoms with Crippen LogP contribution >= 0.6 is 0 Å². The molecule has 2 rings (SSSR count). The van der Waals surface area contributed by atoms with Crippen molar-refractivity contribution in [3.8, 4) is 0 Å². The quantitative estimate of drug-likeness (QED) is 0.859. The van der Waals surface area contributed by atoms with Crippen LogP contribution in [-0.2, 0) is 11.2 Å². The Morgan fingerprint density at radius 3 is 2.26 bits per heavy atom. The van der Waals surface area contributed by atoms with Crippen LogP contribution in [0.5, 0.6) is 0 Å². The van der Waals surface area contributed by atoms with Gasteiger partial charge in [0, 0.05) is 17.3 Å². The number of carbonyl (C=O) groups excluding carboxylic acids is 2. The van der Waals surface area contributed by atoms with Crippen molar-refractivity contribution < 1.29 is 9.59 Å². The van der Waals surface area contributed by atoms with Gasteiger partial charge in [0.2, 0.25) is 5.91 Å². The highest BCUT2D eigenvalue weighted by atomic mass is 16.2. The molecule has 2 aromatic carbocycles. The Bertz CT molecular complexity index is 651. The lowest BCUT2D eigenvalue weighted by Crippen LogP contribution is -2.31. The van der Waals surface area contributed by atoms with Crippen molar-refractivity contribution in [1.29, 1.82) is 0 Å². The van der Waals surface area contributed by atoms with Gasteiger partial charge in [-0.2, -0.15) is 0 Å². The van der Waals surface area contributed by atoms with E-state index < -0.39 is 0 Å². The van der Waals surface area contributed by atoms with Crippen molar-refractivity contribution >= 4 is 17.5 Å². The highest BCUT2D eigenvalue weighted by molar-refractivity contribution is 5.96. The van der Waals surface area contributed by atoms with Crippen molar-refractivity contribution in [2.45, 2.75) is 32.7 Å². The Balaban J connectivity index is 1.92. The molecular weight excluding hydrogens is 288 g/mol. The molecule has 4 heteroatoms. The molecule has 2 aromatic rings. The molecule has 0 radical (unpaired) electrons. The molecule has 1 unspecified atom stereocenters. The second-order valence-corrected chi connectivity index (χ2v) is 5.57. The van der Waals surface area contributed by atoms with E-state index in [1.165, 1.54) is 0 Å². The van der Waals surface area contributed by atoms with E-state index in [2.05, 4.69) is 10.6 Å². The van der Waals surface area contributed by atoms with Gasteiger partial charge < -0.3 is 10.6 Å². The van der Waals surface area contributed by atoms with Crippen LogP contribution < -0.4 is 10.6 Å². The van der Waals surface area contributed by atoms with Crippen molar-refractivity contribution in [3.05, 3.63) is 65.7 Å². The van der Waals surface area contributed by atoms with Gasteiger partial charge in [-0.05, 0) is 43.2 Å². The van der Waals surface area contributed by atoms with E-state index in [9.17, 15) is 9.59 Å². The van der Waals surface area contributed by atoms with E-state index in [4.69, 9.17) is 0 Å². The Hall–Kier alpha value is -2.62. The number of hydrogen-bond acceptors (Lipinski definition) is 2. The maximum absolute atomic E-state index is 12.0. The number of anilines is 1. The summed E-state index contributed by atoms with van der Waals surface area (Å²) in [7, 11) is 0. The van der Waals surface area contributed by atoms with Crippen LogP contribution in [0.25, 0.3) is 0 Å². The summed E-state index contributed by atoms with van der Waals surface area (Å²) in [5.74, 6) is -0.172. The molecule has 2 N–H and O–H groups in total. The van der Waals surface area contributed by atoms with E-state index in [0.717, 1.165) is 12.0 Å². The molecule has 0 bridgehead atoms. The summed E-state index contributed by atoms with van der Waals surface area (Å²) in [5.41, 5.74) is 2.24. The standard InChI is InChI=1S/C19H22N2O2/c1-3-14(2)20-19(23)16-9-11-17(12-10-16)21-18(22)13-15-7-5-4-6-8-15/h4-12,14H,3,13H2,1-2H3,(H,20,23)(H,21,22). The lowest BCUT2D eigenvalue weighted by molar-refractivity contribution is -0.115. The van der Waals surface area contributed by atoms with E-state index in [-0.39, 0.29) is 17.9 Å². The molecule has 0 fully saturated rings. The molecule has 0 aliphatic heterocycles. The first kappa shape index (κ1) is 16.7. The fourth-order valence-corrected chi connectivity index (χ4v) is 2.10. The largest absolute Gasteiger partial charge is 0.350 e. The molecule has 0 aliphatic rings. The van der Waals surface area contributed by atoms with Crippen molar-refractivity contribution in [2.75, 3.05) is 5.32 Å². The Kier molecular flexibility index (Phi) is 5.92. The molecule has 2 amide bonds. The molecule has 1 atom stereocenters. The van der Waals surface area contributed by atoms with Gasteiger partial charge in [0.15, 0.2) is 0 Å². The van der Waals surface area contributed by atoms with Gasteiger partial charge in [0.25, 0.3) is 5.91 Å². The third kappa shape index (κ3) is 5.25. The first-order chi connectivity index (χ1) is 11.1. The zero-order valence-electron chi connectivity index (χ0n) is 13.5. The van der Waals surface area contributed by atoms with Gasteiger partial charge in [-0.15, -0.1) is 0 Å². The second kappa shape index (κ2) is 8.13. The SMILES string of the molecule is CCC(C)NC(=O)c1ccc(NC(=O)Cc2ccccc2)cc1. The predicted octanol–water partition coefficient (Wildman–Crippen LogP) is 3.40. The minimum Gasteiger partial charge on any atom is -0.350 e. The summed E-state index contributed by atoms with van der Waals surface area (Å²) in [4.78, 5) is 24.0. The van der Waals surface area contributed by atoms with Gasteiger partial charge in [-0.1, -0.05) is 37.3 Å². The topological polar surface area (TPSA) is 58.2 Å². The molecule has 120 valence electrons. The first-order valence-corrected chi connectivity index (χ1v) is 7.83. The molecule has 0 saturated heterocycles. The van der Waals surface area contributed by atoms with Crippen molar-refractivity contribution in [2.24, 2.45) is 0 Å². The fourth-order valence-electron chi connectivity index (χ4n) is 2.10. The summed E-state index contributed by atoms with van der Waals surface area (Å²) in [6, 6.07) is 16.6. The third-order valence-electron chi connectivity index (χ3n) is 3.63. The van der Waals surface area contributed by atoms with Crippen LogP contribution in [0.3, 0.4) is 0 Å². The number of nitrogens with one attached hydrogen (secondary N) is 2. The fraction of sp³-hybridized carbons (Fsp3) is 0.263. The van der Waals surface area contributed by atoms with Crippen LogP contribution in [0.4, 0.5) is 5.69 Å². The minimum absolute atomic E-state index is 0.0759. The van der Waals surface area contributed by atoms with Crippen LogP contribution in [0.15, 0.2) is 54.6 Å². The lowest BCUT2D eigenvalue weighted by atomic mass is 10.1. The highest BCUT2D eigenvalue weighted by Gasteiger charge is 2.09. The van der Waals surface area contributed by atoms with E-state index in [1.54, 1.807) is 24.3 Å². The average molecular weight is 310 g/mol. The molecule has 0 aromatic heterocycles. The molecular formula is C19H22N2O2. The Morgan fingerprint density at radius 1 is 1.00 bits per heavy atom. The summed E-state index contributed by atoms with van der Waals surface area (Å²) in [6.45, 7) is 3.99. The maximum Gasteiger partial charge on any atom is 0.251 e. The number of hydrogen-bond donors (Lipinski definition) is 2. The molecule has 0 saturated carbocycles. The zero-order valence-corrected chi connectivity index (χ0v) is 13.5. The summed E-state index contributed by atoms with van der Waals surface area (Å²) in [6.07, 6.45) is 1.22. The van der Waals surface area contributed by atoms with Gasteiger partial charge in [0.1, 0.15) is 0 Å². The number of benzene rings is 2. The Morgan fingerprint density at radius 2 is 1.65 bits per heavy atom. The summed E-state index contributed by atoms with van der Waals surface area (Å²) >= 11 is 0. The Labute approximate surface area is 136 Å². The van der Waals surface area contributed by atoms with Crippen LogP contribution in [-0.4, -0.2) is 17.9 Å². The maximum atomic E-state index is 12.0. The molecule has 23 heavy (non-hydrogen) atoms. The van der Waals surface area contributed by atoms with E-state index in [0.29, 0.717) is 17.7 Å². The van der Waals surface area contributed by atoms with Crippen molar-refractivity contribution in [1.82, 2.24) is 5.32 Å². The van der Waals surface area contributed by atoms with E-state index >= 15 is 0 Å². The average Bonchev–Trinajstić information content (AvgIpc) is 2.56. The summed E-state index contributed by atoms with van der Waals surface area (Å²) < 4.78 is 0. The zero-order chi connectivity index (χ0) is 16.7. The molecule has 0 aliphatic carbocycles. The highest BCUT2D eigenvalue weighted by Crippen LogP contribution is 2.11. The lowest BCUT2D eigenvalue weighted by Gasteiger charge is -2.11. The van der Waals surface area contributed by atoms with Crippen molar-refractivity contribution in [3.63, 3.8) is 0 Å². The monoisotopic (exact) mass is 310 g/mol. The van der Waals surface area contributed by atoms with E-state index in [1.807, 2.05) is 44.2 Å². The number of carbonyl (C=O) groups is 2. The van der Waals surface area contributed by atoms with Gasteiger partial charge >= 0.3 is 0 Å².